The van der Waals surface area contributed by atoms with E-state index in [2.05, 4.69) is 13.0 Å². The van der Waals surface area contributed by atoms with Gasteiger partial charge in [0, 0.05) is 18.1 Å². The molecule has 3 unspecified atom stereocenters. The molecular weight excluding hydrogens is 264 g/mol. The third-order valence-electron chi connectivity index (χ3n) is 4.50. The van der Waals surface area contributed by atoms with E-state index in [1.54, 1.807) is 12.1 Å². The molecule has 4 heteroatoms. The fourth-order valence-electron chi connectivity index (χ4n) is 3.31. The lowest BCUT2D eigenvalue weighted by Crippen LogP contribution is -2.08. The largest absolute Gasteiger partial charge is 0.269 e. The van der Waals surface area contributed by atoms with Crippen molar-refractivity contribution in [3.8, 4) is 6.07 Å². The fraction of sp³-hybridized carbons (Fsp3) is 0.235. The van der Waals surface area contributed by atoms with Crippen LogP contribution < -0.4 is 0 Å². The highest BCUT2D eigenvalue weighted by atomic mass is 16.6. The van der Waals surface area contributed by atoms with Crippen molar-refractivity contribution in [3.05, 3.63) is 75.8 Å². The summed E-state index contributed by atoms with van der Waals surface area (Å²) in [7, 11) is 0. The van der Waals surface area contributed by atoms with E-state index in [1.807, 2.05) is 30.3 Å². The molecule has 104 valence electrons. The van der Waals surface area contributed by atoms with Crippen LogP contribution in [0.5, 0.6) is 0 Å². The summed E-state index contributed by atoms with van der Waals surface area (Å²) in [6.45, 7) is 2.06. The van der Waals surface area contributed by atoms with Crippen LogP contribution in [0.1, 0.15) is 24.0 Å². The Kier molecular flexibility index (Phi) is 2.99. The molecule has 0 radical (unpaired) electrons. The first-order valence-electron chi connectivity index (χ1n) is 6.82. The molecule has 0 aliphatic heterocycles. The van der Waals surface area contributed by atoms with Crippen molar-refractivity contribution in [1.82, 2.24) is 0 Å². The molecule has 2 aromatic carbocycles. The van der Waals surface area contributed by atoms with E-state index < -0.39 is 10.3 Å². The second-order valence-electron chi connectivity index (χ2n) is 5.46. The summed E-state index contributed by atoms with van der Waals surface area (Å²) >= 11 is 0. The average Bonchev–Trinajstić information content (AvgIpc) is 3.14. The van der Waals surface area contributed by atoms with E-state index in [4.69, 9.17) is 0 Å². The van der Waals surface area contributed by atoms with Gasteiger partial charge in [-0.25, -0.2) is 0 Å². The molecule has 0 aromatic heterocycles. The van der Waals surface area contributed by atoms with Gasteiger partial charge in [-0.05, 0) is 17.0 Å². The van der Waals surface area contributed by atoms with Crippen molar-refractivity contribution in [2.24, 2.45) is 5.92 Å². The maximum absolute atomic E-state index is 10.7. The minimum absolute atomic E-state index is 0.0522. The molecule has 1 aliphatic carbocycles. The molecule has 0 spiro atoms. The molecule has 0 amide bonds. The zero-order valence-corrected chi connectivity index (χ0v) is 11.6. The Hall–Kier alpha value is -2.67. The molecule has 3 atom stereocenters. The molecule has 1 fully saturated rings. The number of hydrogen-bond donors (Lipinski definition) is 0. The number of benzene rings is 2. The Balaban J connectivity index is 1.99. The van der Waals surface area contributed by atoms with Crippen molar-refractivity contribution in [3.63, 3.8) is 0 Å². The third kappa shape index (κ3) is 1.90. The Morgan fingerprint density at radius 1 is 1.14 bits per heavy atom. The Bertz CT molecular complexity index is 719. The van der Waals surface area contributed by atoms with Gasteiger partial charge in [0.25, 0.3) is 5.69 Å². The number of nitro groups is 1. The predicted molar refractivity (Wildman–Crippen MR) is 78.7 cm³/mol. The summed E-state index contributed by atoms with van der Waals surface area (Å²) in [6.07, 6.45) is 0. The van der Waals surface area contributed by atoms with E-state index in [0.29, 0.717) is 0 Å². The van der Waals surface area contributed by atoms with Gasteiger partial charge in [-0.2, -0.15) is 5.26 Å². The smallest absolute Gasteiger partial charge is 0.258 e. The van der Waals surface area contributed by atoms with E-state index >= 15 is 0 Å². The maximum atomic E-state index is 10.7. The Labute approximate surface area is 122 Å². The molecular formula is C17H14N2O2. The molecule has 0 heterocycles. The standard InChI is InChI=1S/C17H14N2O2/c1-12-16(13-5-3-2-4-6-13)17(12,11-18)14-7-9-15(10-8-14)19(20)21/h2-10,12,16H,1H3. The monoisotopic (exact) mass is 278 g/mol. The highest BCUT2D eigenvalue weighted by Crippen LogP contribution is 2.65. The van der Waals surface area contributed by atoms with Gasteiger partial charge in [0.2, 0.25) is 0 Å². The van der Waals surface area contributed by atoms with Crippen molar-refractivity contribution in [2.45, 2.75) is 18.3 Å². The molecule has 0 N–H and O–H groups in total. The summed E-state index contributed by atoms with van der Waals surface area (Å²) in [6, 6.07) is 18.8. The first-order chi connectivity index (χ1) is 10.1. The van der Waals surface area contributed by atoms with Crippen LogP contribution in [0.3, 0.4) is 0 Å². The molecule has 0 bridgehead atoms. The second kappa shape index (κ2) is 4.71. The van der Waals surface area contributed by atoms with Gasteiger partial charge in [-0.15, -0.1) is 0 Å². The van der Waals surface area contributed by atoms with E-state index in [9.17, 15) is 15.4 Å². The number of non-ortho nitro benzene ring substituents is 1. The Morgan fingerprint density at radius 2 is 1.76 bits per heavy atom. The summed E-state index contributed by atoms with van der Waals surface area (Å²) in [5.74, 6) is 0.344. The minimum Gasteiger partial charge on any atom is -0.258 e. The molecule has 2 aromatic rings. The number of nitro benzene ring substituents is 1. The van der Waals surface area contributed by atoms with Gasteiger partial charge < -0.3 is 0 Å². The van der Waals surface area contributed by atoms with Gasteiger partial charge in [0.05, 0.1) is 16.4 Å². The molecule has 21 heavy (non-hydrogen) atoms. The SMILES string of the molecule is CC1C(c2ccccc2)C1(C#N)c1ccc([N+](=O)[O-])cc1. The minimum atomic E-state index is -0.573. The second-order valence-corrected chi connectivity index (χ2v) is 5.46. The summed E-state index contributed by atoms with van der Waals surface area (Å²) in [5.41, 5.74) is 1.48. The summed E-state index contributed by atoms with van der Waals surface area (Å²) < 4.78 is 0. The van der Waals surface area contributed by atoms with Crippen LogP contribution in [0.2, 0.25) is 0 Å². The van der Waals surface area contributed by atoms with Gasteiger partial charge in [0.1, 0.15) is 0 Å². The van der Waals surface area contributed by atoms with Gasteiger partial charge >= 0.3 is 0 Å². The van der Waals surface area contributed by atoms with E-state index in [0.717, 1.165) is 11.1 Å². The average molecular weight is 278 g/mol. The molecule has 1 saturated carbocycles. The van der Waals surface area contributed by atoms with Crippen LogP contribution in [0.25, 0.3) is 0 Å². The van der Waals surface area contributed by atoms with Gasteiger partial charge in [-0.1, -0.05) is 49.4 Å². The summed E-state index contributed by atoms with van der Waals surface area (Å²) in [4.78, 5) is 10.3. The number of nitrogens with zero attached hydrogens (tertiary/aromatic N) is 2. The molecule has 0 saturated heterocycles. The lowest BCUT2D eigenvalue weighted by atomic mass is 9.91. The van der Waals surface area contributed by atoms with Crippen LogP contribution in [-0.2, 0) is 5.41 Å². The zero-order chi connectivity index (χ0) is 15.0. The topological polar surface area (TPSA) is 66.9 Å². The van der Waals surface area contributed by atoms with Crippen LogP contribution in [0.15, 0.2) is 54.6 Å². The predicted octanol–water partition coefficient (Wildman–Crippen LogP) is 3.79. The van der Waals surface area contributed by atoms with Crippen molar-refractivity contribution < 1.29 is 4.92 Å². The molecule has 1 aliphatic rings. The fourth-order valence-corrected chi connectivity index (χ4v) is 3.31. The number of nitriles is 1. The van der Waals surface area contributed by atoms with Crippen molar-refractivity contribution >= 4 is 5.69 Å². The zero-order valence-electron chi connectivity index (χ0n) is 11.6. The first kappa shape index (κ1) is 13.3. The highest BCUT2D eigenvalue weighted by molar-refractivity contribution is 5.53. The van der Waals surface area contributed by atoms with Crippen LogP contribution in [0.4, 0.5) is 5.69 Å². The van der Waals surface area contributed by atoms with Gasteiger partial charge in [0.15, 0.2) is 0 Å². The van der Waals surface area contributed by atoms with Crippen molar-refractivity contribution in [1.29, 1.82) is 5.26 Å². The van der Waals surface area contributed by atoms with E-state index in [1.165, 1.54) is 12.1 Å². The van der Waals surface area contributed by atoms with Crippen LogP contribution >= 0.6 is 0 Å². The third-order valence-corrected chi connectivity index (χ3v) is 4.50. The molecule has 3 rings (SSSR count). The van der Waals surface area contributed by atoms with Crippen molar-refractivity contribution in [2.75, 3.05) is 0 Å². The maximum Gasteiger partial charge on any atom is 0.269 e. The van der Waals surface area contributed by atoms with Crippen LogP contribution in [-0.4, -0.2) is 4.92 Å². The van der Waals surface area contributed by atoms with Crippen LogP contribution in [0, 0.1) is 27.4 Å². The number of hydrogen-bond acceptors (Lipinski definition) is 3. The highest BCUT2D eigenvalue weighted by Gasteiger charge is 2.64. The summed E-state index contributed by atoms with van der Waals surface area (Å²) in [5, 5.41) is 20.4. The van der Waals surface area contributed by atoms with Gasteiger partial charge in [-0.3, -0.25) is 10.1 Å². The first-order valence-corrected chi connectivity index (χ1v) is 6.82. The Morgan fingerprint density at radius 3 is 2.29 bits per heavy atom. The normalized spacial score (nSPS) is 26.9. The lowest BCUT2D eigenvalue weighted by Gasteiger charge is -2.09. The number of rotatable bonds is 3. The lowest BCUT2D eigenvalue weighted by molar-refractivity contribution is -0.384. The van der Waals surface area contributed by atoms with E-state index in [-0.39, 0.29) is 17.5 Å². The quantitative estimate of drug-likeness (QED) is 0.633. The molecule has 4 nitrogen and oxygen atoms in total.